The number of halogens is 3. The van der Waals surface area contributed by atoms with Gasteiger partial charge < -0.3 is 5.32 Å². The van der Waals surface area contributed by atoms with E-state index in [-0.39, 0.29) is 23.9 Å². The van der Waals surface area contributed by atoms with Crippen LogP contribution in [0.1, 0.15) is 41.7 Å². The van der Waals surface area contributed by atoms with Crippen LogP contribution in [0.2, 0.25) is 0 Å². The average molecular weight is 383 g/mol. The van der Waals surface area contributed by atoms with Crippen molar-refractivity contribution in [1.29, 1.82) is 0 Å². The van der Waals surface area contributed by atoms with Crippen molar-refractivity contribution in [3.05, 3.63) is 34.4 Å². The Morgan fingerprint density at radius 2 is 2.00 bits per heavy atom. The normalized spacial score (nSPS) is 15.0. The fourth-order valence-electron chi connectivity index (χ4n) is 3.57. The minimum Gasteiger partial charge on any atom is -0.354 e. The van der Waals surface area contributed by atoms with Crippen molar-refractivity contribution >= 4 is 5.91 Å². The van der Waals surface area contributed by atoms with E-state index in [1.165, 1.54) is 4.68 Å². The zero-order chi connectivity index (χ0) is 19.8. The molecule has 2 heterocycles. The van der Waals surface area contributed by atoms with Gasteiger partial charge in [0.1, 0.15) is 6.54 Å². The van der Waals surface area contributed by atoms with E-state index >= 15 is 0 Å². The molecule has 0 radical (unpaired) electrons. The van der Waals surface area contributed by atoms with E-state index in [9.17, 15) is 18.0 Å². The predicted molar refractivity (Wildman–Crippen MR) is 93.1 cm³/mol. The molecular weight excluding hydrogens is 359 g/mol. The Bertz CT molecular complexity index is 837. The number of alkyl halides is 3. The van der Waals surface area contributed by atoms with Gasteiger partial charge in [-0.2, -0.15) is 23.4 Å². The van der Waals surface area contributed by atoms with Gasteiger partial charge in [0.05, 0.1) is 5.69 Å². The van der Waals surface area contributed by atoms with Crippen LogP contribution in [0, 0.1) is 19.8 Å². The fraction of sp³-hybridized carbons (Fsp3) is 0.611. The van der Waals surface area contributed by atoms with Crippen LogP contribution in [0.25, 0.3) is 0 Å². The number of hydrogen-bond acceptors (Lipinski definition) is 3. The average Bonchev–Trinajstić information content (AvgIpc) is 3.22. The maximum absolute atomic E-state index is 13.1. The summed E-state index contributed by atoms with van der Waals surface area (Å²) >= 11 is 0. The number of carbonyl (C=O) groups is 1. The largest absolute Gasteiger partial charge is 0.435 e. The molecule has 1 aliphatic rings. The van der Waals surface area contributed by atoms with Crippen LogP contribution >= 0.6 is 0 Å². The molecule has 0 aliphatic heterocycles. The second-order valence-corrected chi connectivity index (χ2v) is 7.30. The molecule has 2 aromatic heterocycles. The van der Waals surface area contributed by atoms with Gasteiger partial charge in [-0.25, -0.2) is 0 Å². The lowest BCUT2D eigenvalue weighted by atomic mass is 10.2. The fourth-order valence-corrected chi connectivity index (χ4v) is 3.57. The van der Waals surface area contributed by atoms with E-state index < -0.39 is 11.9 Å². The number of nitrogens with zero attached hydrogens (tertiary/aromatic N) is 4. The van der Waals surface area contributed by atoms with Crippen LogP contribution in [-0.4, -0.2) is 32.0 Å². The summed E-state index contributed by atoms with van der Waals surface area (Å²) in [5.74, 6) is -0.192. The van der Waals surface area contributed by atoms with Gasteiger partial charge in [-0.05, 0) is 45.1 Å². The number of carbonyl (C=O) groups excluding carboxylic acids is 1. The lowest BCUT2D eigenvalue weighted by molar-refractivity contribution is -0.142. The highest BCUT2D eigenvalue weighted by molar-refractivity contribution is 5.75. The molecule has 9 heteroatoms. The molecule has 0 spiro atoms. The minimum absolute atomic E-state index is 0.140. The topological polar surface area (TPSA) is 64.7 Å². The molecule has 1 atom stereocenters. The van der Waals surface area contributed by atoms with Crippen LogP contribution in [0.3, 0.4) is 0 Å². The van der Waals surface area contributed by atoms with E-state index in [2.05, 4.69) is 15.5 Å². The monoisotopic (exact) mass is 383 g/mol. The number of aryl methyl sites for hydroxylation is 2. The Labute approximate surface area is 155 Å². The maximum atomic E-state index is 13.1. The summed E-state index contributed by atoms with van der Waals surface area (Å²) in [5, 5.41) is 10.9. The van der Waals surface area contributed by atoms with E-state index in [4.69, 9.17) is 0 Å². The molecule has 1 amide bonds. The number of amides is 1. The van der Waals surface area contributed by atoms with Gasteiger partial charge in [0.15, 0.2) is 5.69 Å². The highest BCUT2D eigenvalue weighted by Gasteiger charge is 2.40. The van der Waals surface area contributed by atoms with Gasteiger partial charge in [-0.1, -0.05) is 6.92 Å². The van der Waals surface area contributed by atoms with Gasteiger partial charge in [-0.15, -0.1) is 0 Å². The van der Waals surface area contributed by atoms with Crippen molar-refractivity contribution in [3.8, 4) is 0 Å². The lowest BCUT2D eigenvalue weighted by Crippen LogP contribution is -2.33. The zero-order valence-electron chi connectivity index (χ0n) is 15.7. The number of aromatic nitrogens is 4. The first-order valence-electron chi connectivity index (χ1n) is 9.08. The van der Waals surface area contributed by atoms with E-state index in [0.717, 1.165) is 11.4 Å². The molecule has 3 rings (SSSR count). The second kappa shape index (κ2) is 7.36. The van der Waals surface area contributed by atoms with Crippen molar-refractivity contribution in [2.75, 3.05) is 6.54 Å². The molecule has 1 N–H and O–H groups in total. The van der Waals surface area contributed by atoms with Crippen molar-refractivity contribution in [2.24, 2.45) is 5.92 Å². The molecule has 27 heavy (non-hydrogen) atoms. The van der Waals surface area contributed by atoms with Crippen molar-refractivity contribution in [2.45, 2.75) is 59.3 Å². The zero-order valence-corrected chi connectivity index (χ0v) is 15.7. The highest BCUT2D eigenvalue weighted by Crippen LogP contribution is 2.36. The minimum atomic E-state index is -4.48. The van der Waals surface area contributed by atoms with Crippen molar-refractivity contribution < 1.29 is 18.0 Å². The first-order chi connectivity index (χ1) is 12.6. The summed E-state index contributed by atoms with van der Waals surface area (Å²) in [7, 11) is 0. The lowest BCUT2D eigenvalue weighted by Gasteiger charge is -2.14. The van der Waals surface area contributed by atoms with Crippen LogP contribution in [-0.2, 0) is 36.9 Å². The number of rotatable bonds is 6. The van der Waals surface area contributed by atoms with Gasteiger partial charge >= 0.3 is 6.18 Å². The van der Waals surface area contributed by atoms with E-state index in [1.54, 1.807) is 0 Å². The summed E-state index contributed by atoms with van der Waals surface area (Å²) < 4.78 is 42.4. The van der Waals surface area contributed by atoms with Gasteiger partial charge in [0.25, 0.3) is 0 Å². The predicted octanol–water partition coefficient (Wildman–Crippen LogP) is 2.66. The van der Waals surface area contributed by atoms with E-state index in [0.29, 0.717) is 38.0 Å². The molecule has 0 saturated carbocycles. The Hall–Kier alpha value is -2.32. The summed E-state index contributed by atoms with van der Waals surface area (Å²) in [4.78, 5) is 12.2. The van der Waals surface area contributed by atoms with Gasteiger partial charge in [-0.3, -0.25) is 14.2 Å². The quantitative estimate of drug-likeness (QED) is 0.834. The standard InChI is InChI=1S/C18H24F3N5O/c1-11(9-25-13(3)7-12(2)23-25)8-22-16(27)10-26-15-6-4-5-14(15)17(24-26)18(19,20)21/h7,11H,4-6,8-10H2,1-3H3,(H,22,27)/t11-/m1/s1. The van der Waals surface area contributed by atoms with Crippen LogP contribution in [0.5, 0.6) is 0 Å². The molecular formula is C18H24F3N5O. The summed E-state index contributed by atoms with van der Waals surface area (Å²) in [5.41, 5.74) is 1.93. The number of hydrogen-bond donors (Lipinski definition) is 1. The first kappa shape index (κ1) is 19.4. The van der Waals surface area contributed by atoms with E-state index in [1.807, 2.05) is 31.5 Å². The van der Waals surface area contributed by atoms with Crippen LogP contribution in [0.15, 0.2) is 6.07 Å². The first-order valence-corrected chi connectivity index (χ1v) is 9.08. The molecule has 0 fully saturated rings. The van der Waals surface area contributed by atoms with Gasteiger partial charge in [0.2, 0.25) is 5.91 Å². The Morgan fingerprint density at radius 3 is 2.63 bits per heavy atom. The third kappa shape index (κ3) is 4.33. The number of fused-ring (bicyclic) bond motifs is 1. The third-order valence-electron chi connectivity index (χ3n) is 4.80. The highest BCUT2D eigenvalue weighted by atomic mass is 19.4. The molecule has 6 nitrogen and oxygen atoms in total. The molecule has 1 aliphatic carbocycles. The van der Waals surface area contributed by atoms with Gasteiger partial charge in [0, 0.05) is 30.0 Å². The molecule has 148 valence electrons. The molecule has 2 aromatic rings. The van der Waals surface area contributed by atoms with Crippen LogP contribution < -0.4 is 5.32 Å². The third-order valence-corrected chi connectivity index (χ3v) is 4.80. The molecule has 0 saturated heterocycles. The smallest absolute Gasteiger partial charge is 0.354 e. The maximum Gasteiger partial charge on any atom is 0.435 e. The summed E-state index contributed by atoms with van der Waals surface area (Å²) in [6.45, 7) is 6.78. The van der Waals surface area contributed by atoms with Crippen LogP contribution in [0.4, 0.5) is 13.2 Å². The Morgan fingerprint density at radius 1 is 1.26 bits per heavy atom. The summed E-state index contributed by atoms with van der Waals surface area (Å²) in [6, 6.07) is 1.99. The second-order valence-electron chi connectivity index (χ2n) is 7.30. The SMILES string of the molecule is Cc1cc(C)n(C[C@H](C)CNC(=O)Cn2nc(C(F)(F)F)c3c2CCC3)n1. The Balaban J connectivity index is 1.58. The molecule has 0 unspecified atom stereocenters. The van der Waals surface area contributed by atoms with Crippen molar-refractivity contribution in [3.63, 3.8) is 0 Å². The van der Waals surface area contributed by atoms with Crippen molar-refractivity contribution in [1.82, 2.24) is 24.9 Å². The molecule has 0 aromatic carbocycles. The number of nitrogens with one attached hydrogen (secondary N) is 1. The summed E-state index contributed by atoms with van der Waals surface area (Å²) in [6.07, 6.45) is -2.92. The molecule has 0 bridgehead atoms. The Kier molecular flexibility index (Phi) is 5.30.